The molecule has 0 aliphatic carbocycles. The molecule has 2 aromatic carbocycles. The van der Waals surface area contributed by atoms with E-state index in [1.807, 2.05) is 18.2 Å². The fourth-order valence-electron chi connectivity index (χ4n) is 4.28. The third kappa shape index (κ3) is 4.92. The molecular weight excluding hydrogens is 388 g/mol. The second-order valence-corrected chi connectivity index (χ2v) is 8.22. The molecule has 2 aliphatic rings. The number of hydrogen-bond acceptors (Lipinski definition) is 5. The van der Waals surface area contributed by atoms with Crippen LogP contribution in [-0.4, -0.2) is 48.6 Å². The van der Waals surface area contributed by atoms with Crippen LogP contribution in [0.15, 0.2) is 42.5 Å². The van der Waals surface area contributed by atoms with Crippen molar-refractivity contribution in [2.45, 2.75) is 38.5 Å². The van der Waals surface area contributed by atoms with Crippen molar-refractivity contribution in [2.75, 3.05) is 26.8 Å². The van der Waals surface area contributed by atoms with Crippen LogP contribution in [0.2, 0.25) is 5.02 Å². The summed E-state index contributed by atoms with van der Waals surface area (Å²) < 4.78 is 11.0. The molecule has 0 spiro atoms. The van der Waals surface area contributed by atoms with Crippen LogP contribution in [-0.2, 0) is 29.2 Å². The Hall–Kier alpha value is -2.08. The lowest BCUT2D eigenvalue weighted by atomic mass is 10.1. The lowest BCUT2D eigenvalue weighted by molar-refractivity contribution is -0.146. The van der Waals surface area contributed by atoms with Gasteiger partial charge >= 0.3 is 5.97 Å². The molecule has 0 aromatic heterocycles. The van der Waals surface area contributed by atoms with E-state index in [0.29, 0.717) is 6.61 Å². The Morgan fingerprint density at radius 1 is 1.17 bits per heavy atom. The molecule has 154 valence electrons. The Bertz CT molecular complexity index is 873. The quantitative estimate of drug-likeness (QED) is 0.695. The zero-order valence-electron chi connectivity index (χ0n) is 16.8. The highest BCUT2D eigenvalue weighted by Crippen LogP contribution is 2.28. The van der Waals surface area contributed by atoms with Crippen molar-refractivity contribution in [3.05, 3.63) is 64.2 Å². The number of methoxy groups -OCH3 is 1. The Balaban J connectivity index is 1.47. The molecule has 0 radical (unpaired) electrons. The van der Waals surface area contributed by atoms with Gasteiger partial charge in [0.25, 0.3) is 0 Å². The molecule has 2 aromatic rings. The normalized spacial score (nSPS) is 20.0. The number of rotatable bonds is 5. The SMILES string of the molecule is COC(=O)[C@@H]1CCCN1Cc1ccc2c(c1)CN(Cc1cccc(Cl)c1)CCO2. The van der Waals surface area contributed by atoms with E-state index in [1.165, 1.54) is 23.8 Å². The van der Waals surface area contributed by atoms with Gasteiger partial charge < -0.3 is 9.47 Å². The van der Waals surface area contributed by atoms with Crippen molar-refractivity contribution in [3.8, 4) is 5.75 Å². The van der Waals surface area contributed by atoms with Gasteiger partial charge in [0.2, 0.25) is 0 Å². The van der Waals surface area contributed by atoms with E-state index in [9.17, 15) is 4.79 Å². The molecule has 0 bridgehead atoms. The number of carbonyl (C=O) groups excluding carboxylic acids is 1. The van der Waals surface area contributed by atoms with Crippen molar-refractivity contribution in [3.63, 3.8) is 0 Å². The van der Waals surface area contributed by atoms with Crippen molar-refractivity contribution in [1.29, 1.82) is 0 Å². The predicted octanol–water partition coefficient (Wildman–Crippen LogP) is 3.87. The number of carbonyl (C=O) groups is 1. The first-order valence-corrected chi connectivity index (χ1v) is 10.5. The molecule has 6 heteroatoms. The molecule has 4 rings (SSSR count). The van der Waals surface area contributed by atoms with Gasteiger partial charge in [-0.05, 0) is 54.8 Å². The number of benzene rings is 2. The van der Waals surface area contributed by atoms with Gasteiger partial charge in [-0.25, -0.2) is 0 Å². The van der Waals surface area contributed by atoms with Crippen LogP contribution in [0.4, 0.5) is 0 Å². The van der Waals surface area contributed by atoms with E-state index >= 15 is 0 Å². The highest BCUT2D eigenvalue weighted by molar-refractivity contribution is 6.30. The van der Waals surface area contributed by atoms with Gasteiger partial charge in [0.1, 0.15) is 18.4 Å². The van der Waals surface area contributed by atoms with Crippen LogP contribution in [0.25, 0.3) is 0 Å². The van der Waals surface area contributed by atoms with Crippen molar-refractivity contribution < 1.29 is 14.3 Å². The maximum Gasteiger partial charge on any atom is 0.323 e. The van der Waals surface area contributed by atoms with Crippen LogP contribution in [0.1, 0.15) is 29.5 Å². The molecule has 0 N–H and O–H groups in total. The Kier molecular flexibility index (Phi) is 6.38. The molecule has 0 saturated carbocycles. The van der Waals surface area contributed by atoms with Crippen LogP contribution < -0.4 is 4.74 Å². The Labute approximate surface area is 177 Å². The highest BCUT2D eigenvalue weighted by atomic mass is 35.5. The van der Waals surface area contributed by atoms with Gasteiger partial charge in [-0.3, -0.25) is 14.6 Å². The zero-order chi connectivity index (χ0) is 20.2. The Morgan fingerprint density at radius 3 is 2.86 bits per heavy atom. The van der Waals surface area contributed by atoms with E-state index in [4.69, 9.17) is 21.1 Å². The second-order valence-electron chi connectivity index (χ2n) is 7.78. The summed E-state index contributed by atoms with van der Waals surface area (Å²) in [4.78, 5) is 16.6. The summed E-state index contributed by atoms with van der Waals surface area (Å²) in [6.45, 7) is 4.88. The number of esters is 1. The molecule has 1 fully saturated rings. The summed E-state index contributed by atoms with van der Waals surface area (Å²) in [5.41, 5.74) is 3.60. The smallest absolute Gasteiger partial charge is 0.323 e. The summed E-state index contributed by atoms with van der Waals surface area (Å²) in [7, 11) is 1.47. The second kappa shape index (κ2) is 9.16. The summed E-state index contributed by atoms with van der Waals surface area (Å²) in [5, 5.41) is 0.766. The summed E-state index contributed by atoms with van der Waals surface area (Å²) in [6.07, 6.45) is 1.90. The monoisotopic (exact) mass is 414 g/mol. The van der Waals surface area contributed by atoms with Gasteiger partial charge in [-0.15, -0.1) is 0 Å². The third-order valence-electron chi connectivity index (χ3n) is 5.70. The number of hydrogen-bond donors (Lipinski definition) is 0. The largest absolute Gasteiger partial charge is 0.492 e. The number of fused-ring (bicyclic) bond motifs is 1. The molecular formula is C23H27ClN2O3. The van der Waals surface area contributed by atoms with Crippen LogP contribution in [0, 0.1) is 0 Å². The summed E-state index contributed by atoms with van der Waals surface area (Å²) in [5.74, 6) is 0.821. The van der Waals surface area contributed by atoms with E-state index in [-0.39, 0.29) is 12.0 Å². The first kappa shape index (κ1) is 20.2. The highest BCUT2D eigenvalue weighted by Gasteiger charge is 2.31. The molecule has 29 heavy (non-hydrogen) atoms. The minimum Gasteiger partial charge on any atom is -0.492 e. The molecule has 2 aliphatic heterocycles. The molecule has 5 nitrogen and oxygen atoms in total. The Morgan fingerprint density at radius 2 is 2.03 bits per heavy atom. The summed E-state index contributed by atoms with van der Waals surface area (Å²) in [6, 6.07) is 14.3. The van der Waals surface area contributed by atoms with Crippen LogP contribution in [0.3, 0.4) is 0 Å². The topological polar surface area (TPSA) is 42.0 Å². The fourth-order valence-corrected chi connectivity index (χ4v) is 4.49. The van der Waals surface area contributed by atoms with Gasteiger partial charge in [-0.1, -0.05) is 29.8 Å². The van der Waals surface area contributed by atoms with E-state index in [0.717, 1.165) is 56.3 Å². The number of ether oxygens (including phenoxy) is 2. The first-order chi connectivity index (χ1) is 14.1. The maximum absolute atomic E-state index is 12.0. The summed E-state index contributed by atoms with van der Waals surface area (Å²) >= 11 is 6.14. The zero-order valence-corrected chi connectivity index (χ0v) is 17.5. The predicted molar refractivity (Wildman–Crippen MR) is 113 cm³/mol. The van der Waals surface area contributed by atoms with Gasteiger partial charge in [0.05, 0.1) is 7.11 Å². The minimum atomic E-state index is -0.131. The van der Waals surface area contributed by atoms with Crippen molar-refractivity contribution >= 4 is 17.6 Å². The van der Waals surface area contributed by atoms with E-state index < -0.39 is 0 Å². The molecule has 0 unspecified atom stereocenters. The average Bonchev–Trinajstić information content (AvgIpc) is 3.07. The van der Waals surface area contributed by atoms with Crippen LogP contribution in [0.5, 0.6) is 5.75 Å². The fraction of sp³-hybridized carbons (Fsp3) is 0.435. The molecule has 1 saturated heterocycles. The van der Waals surface area contributed by atoms with Crippen molar-refractivity contribution in [2.24, 2.45) is 0 Å². The maximum atomic E-state index is 12.0. The van der Waals surface area contributed by atoms with E-state index in [1.54, 1.807) is 0 Å². The van der Waals surface area contributed by atoms with E-state index in [2.05, 4.69) is 34.1 Å². The number of halogens is 1. The molecule has 1 atom stereocenters. The number of likely N-dealkylation sites (tertiary alicyclic amines) is 1. The number of nitrogens with zero attached hydrogens (tertiary/aromatic N) is 2. The van der Waals surface area contributed by atoms with Crippen molar-refractivity contribution in [1.82, 2.24) is 9.80 Å². The molecule has 0 amide bonds. The average molecular weight is 415 g/mol. The standard InChI is InChI=1S/C23H27ClN2O3/c1-28-23(27)21-6-3-9-26(21)15-18-7-8-22-19(12-18)16-25(10-11-29-22)14-17-4-2-5-20(24)13-17/h2,4-5,7-8,12-13,21H,3,6,9-11,14-16H2,1H3/t21-/m0/s1. The van der Waals surface area contributed by atoms with Gasteiger partial charge in [0.15, 0.2) is 0 Å². The minimum absolute atomic E-state index is 0.130. The van der Waals surface area contributed by atoms with Crippen LogP contribution >= 0.6 is 11.6 Å². The lowest BCUT2D eigenvalue weighted by Gasteiger charge is -2.23. The molecule has 2 heterocycles. The van der Waals surface area contributed by atoms with Gasteiger partial charge in [0, 0.05) is 36.8 Å². The first-order valence-electron chi connectivity index (χ1n) is 10.2. The third-order valence-corrected chi connectivity index (χ3v) is 5.94. The lowest BCUT2D eigenvalue weighted by Crippen LogP contribution is -2.36. The van der Waals surface area contributed by atoms with Gasteiger partial charge in [-0.2, -0.15) is 0 Å².